The first-order valence-corrected chi connectivity index (χ1v) is 7.57. The quantitative estimate of drug-likeness (QED) is 0.796. The van der Waals surface area contributed by atoms with Gasteiger partial charge in [0.15, 0.2) is 0 Å². The fraction of sp³-hybridized carbons (Fsp3) is 0.533. The molecular formula is C15H20ClN3O. The van der Waals surface area contributed by atoms with Gasteiger partial charge in [0.1, 0.15) is 0 Å². The molecule has 0 bridgehead atoms. The summed E-state index contributed by atoms with van der Waals surface area (Å²) < 4.78 is 0. The van der Waals surface area contributed by atoms with Crippen LogP contribution in [0.3, 0.4) is 0 Å². The van der Waals surface area contributed by atoms with Crippen molar-refractivity contribution < 1.29 is 4.79 Å². The third-order valence-corrected chi connectivity index (χ3v) is 4.50. The van der Waals surface area contributed by atoms with E-state index < -0.39 is 0 Å². The van der Waals surface area contributed by atoms with Gasteiger partial charge < -0.3 is 5.32 Å². The van der Waals surface area contributed by atoms with Crippen LogP contribution in [0.1, 0.15) is 31.4 Å². The summed E-state index contributed by atoms with van der Waals surface area (Å²) in [5.74, 6) is 0.717. The summed E-state index contributed by atoms with van der Waals surface area (Å²) >= 11 is 5.91. The Labute approximate surface area is 124 Å². The van der Waals surface area contributed by atoms with Crippen LogP contribution in [-0.4, -0.2) is 18.5 Å². The van der Waals surface area contributed by atoms with Crippen LogP contribution in [0.4, 0.5) is 0 Å². The lowest BCUT2D eigenvalue weighted by molar-refractivity contribution is -0.125. The lowest BCUT2D eigenvalue weighted by atomic mass is 9.94. The Morgan fingerprint density at radius 3 is 2.70 bits per heavy atom. The van der Waals surface area contributed by atoms with E-state index in [1.54, 1.807) is 0 Å². The minimum Gasteiger partial charge on any atom is -0.353 e. The fourth-order valence-electron chi connectivity index (χ4n) is 2.77. The van der Waals surface area contributed by atoms with Crippen molar-refractivity contribution in [2.24, 2.45) is 11.8 Å². The topological polar surface area (TPSA) is 53.2 Å². The Hall–Kier alpha value is -1.10. The summed E-state index contributed by atoms with van der Waals surface area (Å²) in [5, 5.41) is 3.86. The smallest absolute Gasteiger partial charge is 0.226 e. The number of carbonyl (C=O) groups is 1. The minimum absolute atomic E-state index is 0.00123. The predicted octanol–water partition coefficient (Wildman–Crippen LogP) is 2.02. The molecule has 1 aromatic rings. The highest BCUT2D eigenvalue weighted by Gasteiger charge is 2.36. The average Bonchev–Trinajstić information content (AvgIpc) is 3.17. The molecule has 1 saturated heterocycles. The van der Waals surface area contributed by atoms with Crippen molar-refractivity contribution in [1.29, 1.82) is 0 Å². The molecule has 2 fully saturated rings. The second-order valence-electron chi connectivity index (χ2n) is 5.80. The summed E-state index contributed by atoms with van der Waals surface area (Å²) in [6, 6.07) is 7.94. The number of hydrogen-bond acceptors (Lipinski definition) is 3. The number of nitrogens with one attached hydrogen (secondary N) is 3. The standard InChI is InChI=1S/C15H20ClN3O/c1-9(10-2-3-10)18-15(20)13-8-17-19-14(13)11-4-6-12(16)7-5-11/h4-7,9-10,13-14,17,19H,2-3,8H2,1H3,(H,18,20). The number of benzene rings is 1. The third kappa shape index (κ3) is 2.97. The first kappa shape index (κ1) is 13.9. The Bertz CT molecular complexity index is 486. The van der Waals surface area contributed by atoms with Crippen LogP contribution in [0, 0.1) is 11.8 Å². The molecule has 2 aliphatic rings. The number of carbonyl (C=O) groups excluding carboxylic acids is 1. The molecule has 1 amide bonds. The summed E-state index contributed by atoms with van der Waals surface area (Å²) in [6.07, 6.45) is 2.48. The molecule has 5 heteroatoms. The molecule has 1 saturated carbocycles. The molecule has 1 aliphatic heterocycles. The highest BCUT2D eigenvalue weighted by atomic mass is 35.5. The van der Waals surface area contributed by atoms with Gasteiger partial charge >= 0.3 is 0 Å². The van der Waals surface area contributed by atoms with Crippen molar-refractivity contribution >= 4 is 17.5 Å². The normalized spacial score (nSPS) is 27.3. The van der Waals surface area contributed by atoms with E-state index in [0.29, 0.717) is 17.5 Å². The Morgan fingerprint density at radius 1 is 1.35 bits per heavy atom. The lowest BCUT2D eigenvalue weighted by Crippen LogP contribution is -2.40. The van der Waals surface area contributed by atoms with Crippen molar-refractivity contribution in [3.8, 4) is 0 Å². The van der Waals surface area contributed by atoms with Crippen molar-refractivity contribution in [2.75, 3.05) is 6.54 Å². The highest BCUT2D eigenvalue weighted by Crippen LogP contribution is 2.33. The van der Waals surface area contributed by atoms with Crippen LogP contribution in [0.25, 0.3) is 0 Å². The van der Waals surface area contributed by atoms with Crippen molar-refractivity contribution in [3.63, 3.8) is 0 Å². The third-order valence-electron chi connectivity index (χ3n) is 4.25. The Morgan fingerprint density at radius 2 is 2.05 bits per heavy atom. The van der Waals surface area contributed by atoms with Gasteiger partial charge in [0.05, 0.1) is 12.0 Å². The maximum atomic E-state index is 12.4. The number of rotatable bonds is 4. The molecule has 20 heavy (non-hydrogen) atoms. The molecule has 1 heterocycles. The number of hydrogen-bond donors (Lipinski definition) is 3. The van der Waals surface area contributed by atoms with E-state index in [4.69, 9.17) is 11.6 Å². The molecule has 1 aliphatic carbocycles. The van der Waals surface area contributed by atoms with Gasteiger partial charge in [-0.25, -0.2) is 5.43 Å². The SMILES string of the molecule is CC(NC(=O)C1CNNC1c1ccc(Cl)cc1)C1CC1. The summed E-state index contributed by atoms with van der Waals surface area (Å²) in [4.78, 5) is 12.4. The monoisotopic (exact) mass is 293 g/mol. The van der Waals surface area contributed by atoms with Crippen LogP contribution < -0.4 is 16.2 Å². The largest absolute Gasteiger partial charge is 0.353 e. The van der Waals surface area contributed by atoms with E-state index >= 15 is 0 Å². The number of amides is 1. The second-order valence-corrected chi connectivity index (χ2v) is 6.23. The molecule has 108 valence electrons. The molecule has 0 spiro atoms. The fourth-order valence-corrected chi connectivity index (χ4v) is 2.90. The molecule has 3 atom stereocenters. The zero-order valence-electron chi connectivity index (χ0n) is 11.5. The minimum atomic E-state index is -0.0858. The molecule has 0 aromatic heterocycles. The van der Waals surface area contributed by atoms with Crippen LogP contribution >= 0.6 is 11.6 Å². The van der Waals surface area contributed by atoms with E-state index in [1.807, 2.05) is 24.3 Å². The van der Waals surface area contributed by atoms with Crippen molar-refractivity contribution in [2.45, 2.75) is 31.8 Å². The van der Waals surface area contributed by atoms with Gasteiger partial charge in [0.2, 0.25) is 5.91 Å². The highest BCUT2D eigenvalue weighted by molar-refractivity contribution is 6.30. The van der Waals surface area contributed by atoms with Gasteiger partial charge in [-0.3, -0.25) is 10.2 Å². The van der Waals surface area contributed by atoms with Gasteiger partial charge in [-0.05, 0) is 43.4 Å². The first-order chi connectivity index (χ1) is 9.65. The maximum absolute atomic E-state index is 12.4. The number of halogens is 1. The molecule has 0 radical (unpaired) electrons. The van der Waals surface area contributed by atoms with Crippen molar-refractivity contribution in [1.82, 2.24) is 16.2 Å². The molecule has 1 aromatic carbocycles. The van der Waals surface area contributed by atoms with E-state index in [2.05, 4.69) is 23.1 Å². The van der Waals surface area contributed by atoms with Crippen LogP contribution in [0.2, 0.25) is 5.02 Å². The van der Waals surface area contributed by atoms with Gasteiger partial charge in [0.25, 0.3) is 0 Å². The molecule has 3 unspecified atom stereocenters. The maximum Gasteiger partial charge on any atom is 0.226 e. The predicted molar refractivity (Wildman–Crippen MR) is 79.2 cm³/mol. The van der Waals surface area contributed by atoms with Gasteiger partial charge in [-0.2, -0.15) is 0 Å². The Balaban J connectivity index is 1.68. The first-order valence-electron chi connectivity index (χ1n) is 7.19. The molecule has 3 rings (SSSR count). The average molecular weight is 294 g/mol. The van der Waals surface area contributed by atoms with Gasteiger partial charge in [-0.1, -0.05) is 23.7 Å². The van der Waals surface area contributed by atoms with E-state index in [1.165, 1.54) is 12.8 Å². The molecule has 4 nitrogen and oxygen atoms in total. The van der Waals surface area contributed by atoms with Gasteiger partial charge in [0, 0.05) is 17.6 Å². The second kappa shape index (κ2) is 5.72. The Kier molecular flexibility index (Phi) is 3.96. The zero-order valence-corrected chi connectivity index (χ0v) is 12.3. The zero-order chi connectivity index (χ0) is 14.1. The molecule has 3 N–H and O–H groups in total. The van der Waals surface area contributed by atoms with Crippen LogP contribution in [0.15, 0.2) is 24.3 Å². The van der Waals surface area contributed by atoms with Crippen LogP contribution in [0.5, 0.6) is 0 Å². The van der Waals surface area contributed by atoms with Crippen LogP contribution in [-0.2, 0) is 4.79 Å². The van der Waals surface area contributed by atoms with Crippen molar-refractivity contribution in [3.05, 3.63) is 34.9 Å². The summed E-state index contributed by atoms with van der Waals surface area (Å²) in [6.45, 7) is 2.75. The summed E-state index contributed by atoms with van der Waals surface area (Å²) in [5.41, 5.74) is 7.36. The van der Waals surface area contributed by atoms with E-state index in [0.717, 1.165) is 5.56 Å². The van der Waals surface area contributed by atoms with E-state index in [9.17, 15) is 4.79 Å². The summed E-state index contributed by atoms with van der Waals surface area (Å²) in [7, 11) is 0. The molecular weight excluding hydrogens is 274 g/mol. The van der Waals surface area contributed by atoms with Gasteiger partial charge in [-0.15, -0.1) is 0 Å². The van der Waals surface area contributed by atoms with E-state index in [-0.39, 0.29) is 23.9 Å². The lowest BCUT2D eigenvalue weighted by Gasteiger charge is -2.21. The number of hydrazine groups is 1.